The van der Waals surface area contributed by atoms with Crippen LogP contribution in [0.5, 0.6) is 0 Å². The van der Waals surface area contributed by atoms with Crippen molar-refractivity contribution in [2.75, 3.05) is 19.6 Å². The van der Waals surface area contributed by atoms with E-state index in [1.54, 1.807) is 0 Å². The number of rotatable bonds is 4. The summed E-state index contributed by atoms with van der Waals surface area (Å²) >= 11 is 0. The van der Waals surface area contributed by atoms with Crippen LogP contribution >= 0.6 is 0 Å². The lowest BCUT2D eigenvalue weighted by molar-refractivity contribution is -0.129. The van der Waals surface area contributed by atoms with Gasteiger partial charge in [-0.15, -0.1) is 0 Å². The average molecular weight is 352 g/mol. The highest BCUT2D eigenvalue weighted by Gasteiger charge is 2.54. The van der Waals surface area contributed by atoms with Gasteiger partial charge < -0.3 is 10.2 Å². The van der Waals surface area contributed by atoms with Crippen LogP contribution in [0, 0.1) is 17.3 Å². The Balaban J connectivity index is 1.36. The van der Waals surface area contributed by atoms with Crippen molar-refractivity contribution in [3.63, 3.8) is 0 Å². The summed E-state index contributed by atoms with van der Waals surface area (Å²) in [7, 11) is 0. The van der Waals surface area contributed by atoms with Crippen LogP contribution in [0.2, 0.25) is 0 Å². The fourth-order valence-corrected chi connectivity index (χ4v) is 4.59. The van der Waals surface area contributed by atoms with Crippen LogP contribution < -0.4 is 5.32 Å². The van der Waals surface area contributed by atoms with Gasteiger partial charge in [0.15, 0.2) is 5.69 Å². The Morgan fingerprint density at radius 2 is 2.08 bits per heavy atom. The molecule has 2 amide bonds. The number of hydrogen-bond donors (Lipinski definition) is 2. The molecule has 1 aliphatic heterocycles. The van der Waals surface area contributed by atoms with E-state index in [1.165, 1.54) is 12.8 Å². The van der Waals surface area contributed by atoms with Crippen LogP contribution in [-0.4, -0.2) is 46.5 Å². The second-order valence-corrected chi connectivity index (χ2v) is 8.26. The van der Waals surface area contributed by atoms with Crippen LogP contribution in [-0.2, 0) is 4.79 Å². The van der Waals surface area contributed by atoms with Crippen molar-refractivity contribution in [1.29, 1.82) is 0 Å². The number of para-hydroxylation sites is 1. The molecule has 1 aromatic carbocycles. The van der Waals surface area contributed by atoms with Gasteiger partial charge in [-0.05, 0) is 37.7 Å². The number of amides is 2. The molecule has 6 heteroatoms. The molecule has 1 atom stereocenters. The fourth-order valence-electron chi connectivity index (χ4n) is 4.59. The van der Waals surface area contributed by atoms with Gasteiger partial charge in [0.1, 0.15) is 0 Å². The van der Waals surface area contributed by atoms with E-state index in [4.69, 9.17) is 0 Å². The van der Waals surface area contributed by atoms with E-state index in [2.05, 4.69) is 15.5 Å². The Morgan fingerprint density at radius 3 is 2.81 bits per heavy atom. The summed E-state index contributed by atoms with van der Waals surface area (Å²) in [5.41, 5.74) is 1.32. The fraction of sp³-hybridized carbons (Fsp3) is 0.550. The van der Waals surface area contributed by atoms with E-state index in [9.17, 15) is 9.59 Å². The first kappa shape index (κ1) is 15.9. The molecule has 2 aliphatic carbocycles. The molecule has 3 fully saturated rings. The lowest BCUT2D eigenvalue weighted by Gasteiger charge is -2.41. The molecule has 1 spiro atoms. The molecule has 26 heavy (non-hydrogen) atoms. The molecule has 1 saturated heterocycles. The van der Waals surface area contributed by atoms with Crippen molar-refractivity contribution in [2.24, 2.45) is 17.3 Å². The highest BCUT2D eigenvalue weighted by Crippen LogP contribution is 2.52. The largest absolute Gasteiger partial charge is 0.356 e. The average Bonchev–Trinajstić information content (AvgIpc) is 3.20. The normalized spacial score (nSPS) is 24.0. The first-order chi connectivity index (χ1) is 12.7. The lowest BCUT2D eigenvalue weighted by atomic mass is 9.62. The van der Waals surface area contributed by atoms with E-state index in [-0.39, 0.29) is 23.1 Å². The number of benzene rings is 1. The second-order valence-electron chi connectivity index (χ2n) is 8.26. The Bertz CT molecular complexity index is 866. The molecule has 6 nitrogen and oxygen atoms in total. The standard InChI is InChI=1S/C20H24N4O2/c25-18(21-10-13-6-7-13)15-11-24(12-20(15)8-3-9-20)19(26)17-14-4-1-2-5-16(14)22-23-17/h1-2,4-5,13,15H,3,6-12H2,(H,21,25)(H,22,23). The third kappa shape index (κ3) is 2.50. The minimum atomic E-state index is -0.0795. The summed E-state index contributed by atoms with van der Waals surface area (Å²) in [5, 5.41) is 11.2. The number of carbonyl (C=O) groups is 2. The van der Waals surface area contributed by atoms with Gasteiger partial charge in [0.05, 0.1) is 11.4 Å². The van der Waals surface area contributed by atoms with Gasteiger partial charge in [-0.25, -0.2) is 0 Å². The zero-order valence-corrected chi connectivity index (χ0v) is 14.8. The van der Waals surface area contributed by atoms with Crippen molar-refractivity contribution in [2.45, 2.75) is 32.1 Å². The summed E-state index contributed by atoms with van der Waals surface area (Å²) in [4.78, 5) is 27.7. The van der Waals surface area contributed by atoms with Gasteiger partial charge in [0.25, 0.3) is 5.91 Å². The van der Waals surface area contributed by atoms with Crippen LogP contribution in [0.1, 0.15) is 42.6 Å². The van der Waals surface area contributed by atoms with Gasteiger partial charge in [0, 0.05) is 30.4 Å². The van der Waals surface area contributed by atoms with Crippen LogP contribution in [0.4, 0.5) is 0 Å². The molecular formula is C20H24N4O2. The zero-order valence-electron chi connectivity index (χ0n) is 14.8. The summed E-state index contributed by atoms with van der Waals surface area (Å²) in [5.74, 6) is 0.667. The molecule has 5 rings (SSSR count). The van der Waals surface area contributed by atoms with Crippen LogP contribution in [0.3, 0.4) is 0 Å². The molecule has 3 aliphatic rings. The van der Waals surface area contributed by atoms with Crippen LogP contribution in [0.25, 0.3) is 10.9 Å². The monoisotopic (exact) mass is 352 g/mol. The van der Waals surface area contributed by atoms with Crippen molar-refractivity contribution in [3.05, 3.63) is 30.0 Å². The molecule has 1 unspecified atom stereocenters. The summed E-state index contributed by atoms with van der Waals surface area (Å²) in [6, 6.07) is 7.68. The van der Waals surface area contributed by atoms with E-state index >= 15 is 0 Å². The predicted molar refractivity (Wildman–Crippen MR) is 97.5 cm³/mol. The summed E-state index contributed by atoms with van der Waals surface area (Å²) in [6.45, 7) is 1.98. The van der Waals surface area contributed by atoms with E-state index in [0.717, 1.165) is 36.7 Å². The first-order valence-corrected chi connectivity index (χ1v) is 9.66. The Morgan fingerprint density at radius 1 is 1.27 bits per heavy atom. The number of fused-ring (bicyclic) bond motifs is 1. The molecule has 2 aromatic rings. The Kier molecular flexibility index (Phi) is 3.55. The maximum atomic E-state index is 13.1. The van der Waals surface area contributed by atoms with Crippen molar-refractivity contribution >= 4 is 22.7 Å². The van der Waals surface area contributed by atoms with Gasteiger partial charge >= 0.3 is 0 Å². The van der Waals surface area contributed by atoms with Crippen molar-refractivity contribution < 1.29 is 9.59 Å². The zero-order chi connectivity index (χ0) is 17.7. The van der Waals surface area contributed by atoms with Gasteiger partial charge in [-0.1, -0.05) is 24.6 Å². The third-order valence-corrected chi connectivity index (χ3v) is 6.54. The van der Waals surface area contributed by atoms with Crippen molar-refractivity contribution in [3.8, 4) is 0 Å². The van der Waals surface area contributed by atoms with E-state index in [1.807, 2.05) is 29.2 Å². The van der Waals surface area contributed by atoms with Crippen LogP contribution in [0.15, 0.2) is 24.3 Å². The number of nitrogens with one attached hydrogen (secondary N) is 2. The molecular weight excluding hydrogens is 328 g/mol. The number of aromatic amines is 1. The SMILES string of the molecule is O=C(NCC1CC1)C1CN(C(=O)c2n[nH]c3ccccc23)CC12CCC2. The Labute approximate surface area is 152 Å². The minimum absolute atomic E-state index is 0.0184. The smallest absolute Gasteiger partial charge is 0.275 e. The summed E-state index contributed by atoms with van der Waals surface area (Å²) < 4.78 is 0. The third-order valence-electron chi connectivity index (χ3n) is 6.54. The van der Waals surface area contributed by atoms with Gasteiger partial charge in [0.2, 0.25) is 5.91 Å². The van der Waals surface area contributed by atoms with Crippen molar-refractivity contribution in [1.82, 2.24) is 20.4 Å². The topological polar surface area (TPSA) is 78.1 Å². The minimum Gasteiger partial charge on any atom is -0.356 e. The second kappa shape index (κ2) is 5.83. The Hall–Kier alpha value is -2.37. The number of carbonyl (C=O) groups excluding carboxylic acids is 2. The van der Waals surface area contributed by atoms with E-state index < -0.39 is 0 Å². The number of nitrogens with zero attached hydrogens (tertiary/aromatic N) is 2. The molecule has 2 N–H and O–H groups in total. The molecule has 2 saturated carbocycles. The number of H-pyrrole nitrogens is 1. The maximum Gasteiger partial charge on any atom is 0.275 e. The lowest BCUT2D eigenvalue weighted by Crippen LogP contribution is -2.45. The highest BCUT2D eigenvalue weighted by molar-refractivity contribution is 6.05. The van der Waals surface area contributed by atoms with Gasteiger partial charge in [-0.3, -0.25) is 14.7 Å². The number of aromatic nitrogens is 2. The summed E-state index contributed by atoms with van der Waals surface area (Å²) in [6.07, 6.45) is 5.69. The predicted octanol–water partition coefficient (Wildman–Crippen LogP) is 2.33. The molecule has 2 heterocycles. The van der Waals surface area contributed by atoms with Gasteiger partial charge in [-0.2, -0.15) is 5.10 Å². The maximum absolute atomic E-state index is 13.1. The molecule has 136 valence electrons. The van der Waals surface area contributed by atoms with E-state index in [0.29, 0.717) is 24.7 Å². The highest BCUT2D eigenvalue weighted by atomic mass is 16.2. The first-order valence-electron chi connectivity index (χ1n) is 9.66. The molecule has 0 radical (unpaired) electrons. The molecule has 1 aromatic heterocycles. The number of hydrogen-bond acceptors (Lipinski definition) is 3. The quantitative estimate of drug-likeness (QED) is 0.886. The number of likely N-dealkylation sites (tertiary alicyclic amines) is 1. The molecule has 0 bridgehead atoms.